The van der Waals surface area contributed by atoms with Gasteiger partial charge >= 0.3 is 0 Å². The van der Waals surface area contributed by atoms with E-state index >= 15 is 0 Å². The molecule has 4 nitrogen and oxygen atoms in total. The van der Waals surface area contributed by atoms with Crippen LogP contribution in [0.4, 0.5) is 5.69 Å². The summed E-state index contributed by atoms with van der Waals surface area (Å²) in [7, 11) is 0. The first-order valence-electron chi connectivity index (χ1n) is 4.42. The van der Waals surface area contributed by atoms with Crippen molar-refractivity contribution in [2.24, 2.45) is 0 Å². The number of benzene rings is 1. The average molecular weight is 260 g/mol. The van der Waals surface area contributed by atoms with Gasteiger partial charge in [-0.3, -0.25) is 14.9 Å². The molecule has 0 amide bonds. The second-order valence-corrected chi connectivity index (χ2v) is 4.45. The van der Waals surface area contributed by atoms with Crippen LogP contribution >= 0.6 is 23.4 Å². The SMILES string of the molecule is CSc1c(Cl)cc([N+](=O)[O-])c(C)c1C(C)=O. The molecule has 6 heteroatoms. The molecule has 1 aromatic rings. The number of carbonyl (C=O) groups is 1. The van der Waals surface area contributed by atoms with Crippen LogP contribution < -0.4 is 0 Å². The first-order chi connectivity index (χ1) is 7.40. The van der Waals surface area contributed by atoms with E-state index in [1.165, 1.54) is 24.8 Å². The molecular formula is C10H10ClNO3S. The molecule has 0 spiro atoms. The molecule has 0 saturated carbocycles. The molecule has 0 radical (unpaired) electrons. The Bertz CT molecular complexity index is 474. The molecule has 0 atom stereocenters. The van der Waals surface area contributed by atoms with Crippen LogP contribution in [0.15, 0.2) is 11.0 Å². The monoisotopic (exact) mass is 259 g/mol. The Hall–Kier alpha value is -1.07. The molecule has 16 heavy (non-hydrogen) atoms. The van der Waals surface area contributed by atoms with E-state index in [2.05, 4.69) is 0 Å². The third kappa shape index (κ3) is 2.20. The average Bonchev–Trinajstić information content (AvgIpc) is 2.19. The maximum absolute atomic E-state index is 11.5. The standard InChI is InChI=1S/C10H10ClNO3S/c1-5-8(12(14)15)4-7(11)10(16-3)9(5)6(2)13/h4H,1-3H3. The molecule has 0 N–H and O–H groups in total. The molecule has 0 heterocycles. The van der Waals surface area contributed by atoms with Crippen LogP contribution in [0.5, 0.6) is 0 Å². The third-order valence-corrected chi connectivity index (χ3v) is 3.46. The van der Waals surface area contributed by atoms with E-state index in [0.29, 0.717) is 16.0 Å². The highest BCUT2D eigenvalue weighted by atomic mass is 35.5. The minimum atomic E-state index is -0.530. The molecule has 0 saturated heterocycles. The number of thioether (sulfide) groups is 1. The summed E-state index contributed by atoms with van der Waals surface area (Å²) in [4.78, 5) is 22.3. The Morgan fingerprint density at radius 3 is 2.50 bits per heavy atom. The predicted octanol–water partition coefficient (Wildman–Crippen LogP) is 3.48. The molecule has 0 fully saturated rings. The Kier molecular flexibility index (Phi) is 3.93. The van der Waals surface area contributed by atoms with Crippen molar-refractivity contribution in [1.82, 2.24) is 0 Å². The van der Waals surface area contributed by atoms with Crippen molar-refractivity contribution in [2.75, 3.05) is 6.26 Å². The highest BCUT2D eigenvalue weighted by Crippen LogP contribution is 2.36. The molecule has 0 aliphatic heterocycles. The van der Waals surface area contributed by atoms with Crippen molar-refractivity contribution < 1.29 is 9.72 Å². The highest BCUT2D eigenvalue weighted by Gasteiger charge is 2.22. The number of hydrogen-bond acceptors (Lipinski definition) is 4. The largest absolute Gasteiger partial charge is 0.294 e. The topological polar surface area (TPSA) is 60.2 Å². The molecule has 1 aromatic carbocycles. The molecule has 0 aliphatic carbocycles. The number of hydrogen-bond donors (Lipinski definition) is 0. The van der Waals surface area contributed by atoms with E-state index in [-0.39, 0.29) is 16.5 Å². The minimum Gasteiger partial charge on any atom is -0.294 e. The smallest absolute Gasteiger partial charge is 0.274 e. The number of halogens is 1. The van der Waals surface area contributed by atoms with Gasteiger partial charge in [0.1, 0.15) is 0 Å². The lowest BCUT2D eigenvalue weighted by atomic mass is 10.0. The van der Waals surface area contributed by atoms with Crippen LogP contribution in [0.3, 0.4) is 0 Å². The van der Waals surface area contributed by atoms with Crippen LogP contribution in [0.25, 0.3) is 0 Å². The number of ketones is 1. The number of nitro groups is 1. The van der Waals surface area contributed by atoms with Crippen molar-refractivity contribution in [3.63, 3.8) is 0 Å². The molecule has 0 aliphatic rings. The molecule has 0 aromatic heterocycles. The van der Waals surface area contributed by atoms with Crippen molar-refractivity contribution in [3.8, 4) is 0 Å². The zero-order valence-electron chi connectivity index (χ0n) is 9.04. The fraction of sp³-hybridized carbons (Fsp3) is 0.300. The Balaban J connectivity index is 3.65. The summed E-state index contributed by atoms with van der Waals surface area (Å²) < 4.78 is 0. The lowest BCUT2D eigenvalue weighted by Gasteiger charge is -2.10. The van der Waals surface area contributed by atoms with Crippen molar-refractivity contribution >= 4 is 34.8 Å². The zero-order chi connectivity index (χ0) is 12.5. The van der Waals surface area contributed by atoms with Crippen molar-refractivity contribution in [2.45, 2.75) is 18.7 Å². The normalized spacial score (nSPS) is 10.2. The van der Waals surface area contributed by atoms with Gasteiger partial charge in [-0.2, -0.15) is 0 Å². The third-order valence-electron chi connectivity index (χ3n) is 2.22. The van der Waals surface area contributed by atoms with Crippen molar-refractivity contribution in [3.05, 3.63) is 32.3 Å². The van der Waals surface area contributed by atoms with Gasteiger partial charge in [-0.15, -0.1) is 11.8 Å². The summed E-state index contributed by atoms with van der Waals surface area (Å²) in [5, 5.41) is 11.0. The van der Waals surface area contributed by atoms with Gasteiger partial charge in [0.15, 0.2) is 5.78 Å². The summed E-state index contributed by atoms with van der Waals surface area (Å²) in [6.07, 6.45) is 1.78. The predicted molar refractivity (Wildman–Crippen MR) is 64.6 cm³/mol. The van der Waals surface area contributed by atoms with Gasteiger partial charge in [-0.25, -0.2) is 0 Å². The summed E-state index contributed by atoms with van der Waals surface area (Å²) in [5.41, 5.74) is 0.589. The Labute approximate surface area is 102 Å². The fourth-order valence-electron chi connectivity index (χ4n) is 1.52. The van der Waals surface area contributed by atoms with Gasteiger partial charge in [-0.1, -0.05) is 11.6 Å². The molecule has 86 valence electrons. The quantitative estimate of drug-likeness (QED) is 0.361. The van der Waals surface area contributed by atoms with Crippen LogP contribution in [0, 0.1) is 17.0 Å². The van der Waals surface area contributed by atoms with E-state index < -0.39 is 4.92 Å². The summed E-state index contributed by atoms with van der Waals surface area (Å²) in [5.74, 6) is -0.215. The van der Waals surface area contributed by atoms with Crippen LogP contribution in [0.2, 0.25) is 5.02 Å². The summed E-state index contributed by atoms with van der Waals surface area (Å²) >= 11 is 7.23. The van der Waals surface area contributed by atoms with Gasteiger partial charge in [0.25, 0.3) is 5.69 Å². The number of carbonyl (C=O) groups excluding carboxylic acids is 1. The van der Waals surface area contributed by atoms with E-state index in [1.807, 2.05) is 0 Å². The number of rotatable bonds is 3. The van der Waals surface area contributed by atoms with Gasteiger partial charge in [-0.05, 0) is 20.1 Å². The first kappa shape index (κ1) is 13.0. The highest BCUT2D eigenvalue weighted by molar-refractivity contribution is 7.98. The van der Waals surface area contributed by atoms with Gasteiger partial charge in [0.05, 0.1) is 9.95 Å². The maximum Gasteiger partial charge on any atom is 0.274 e. The maximum atomic E-state index is 11.5. The lowest BCUT2D eigenvalue weighted by Crippen LogP contribution is -2.03. The Morgan fingerprint density at radius 1 is 1.56 bits per heavy atom. The molecule has 0 unspecified atom stereocenters. The second-order valence-electron chi connectivity index (χ2n) is 3.22. The van der Waals surface area contributed by atoms with Crippen LogP contribution in [0.1, 0.15) is 22.8 Å². The minimum absolute atomic E-state index is 0.118. The lowest BCUT2D eigenvalue weighted by molar-refractivity contribution is -0.385. The van der Waals surface area contributed by atoms with Crippen LogP contribution in [-0.4, -0.2) is 17.0 Å². The van der Waals surface area contributed by atoms with E-state index in [0.717, 1.165) is 0 Å². The van der Waals surface area contributed by atoms with E-state index in [4.69, 9.17) is 11.6 Å². The number of Topliss-reactive ketones (excluding diaryl/α,β-unsaturated/α-hetero) is 1. The fourth-order valence-corrected chi connectivity index (χ4v) is 2.71. The van der Waals surface area contributed by atoms with E-state index in [1.54, 1.807) is 13.2 Å². The van der Waals surface area contributed by atoms with E-state index in [9.17, 15) is 14.9 Å². The summed E-state index contributed by atoms with van der Waals surface area (Å²) in [6.45, 7) is 2.94. The molecule has 0 bridgehead atoms. The first-order valence-corrected chi connectivity index (χ1v) is 6.02. The molecule has 1 rings (SSSR count). The van der Waals surface area contributed by atoms with Gasteiger partial charge in [0.2, 0.25) is 0 Å². The van der Waals surface area contributed by atoms with Crippen LogP contribution in [-0.2, 0) is 0 Å². The number of nitrogens with zero attached hydrogens (tertiary/aromatic N) is 1. The zero-order valence-corrected chi connectivity index (χ0v) is 10.6. The summed E-state index contributed by atoms with van der Waals surface area (Å²) in [6, 6.07) is 1.29. The van der Waals surface area contributed by atoms with Gasteiger partial charge in [0, 0.05) is 22.1 Å². The van der Waals surface area contributed by atoms with Crippen molar-refractivity contribution in [1.29, 1.82) is 0 Å². The molecular weight excluding hydrogens is 250 g/mol. The number of nitro benzene ring substituents is 1. The second kappa shape index (κ2) is 4.84. The van der Waals surface area contributed by atoms with Gasteiger partial charge < -0.3 is 0 Å². The Morgan fingerprint density at radius 2 is 2.12 bits per heavy atom.